The van der Waals surface area contributed by atoms with Gasteiger partial charge in [-0.25, -0.2) is 4.39 Å². The fraction of sp³-hybridized carbons (Fsp3) is 0.250. The molecule has 6 nitrogen and oxygen atoms in total. The van der Waals surface area contributed by atoms with Gasteiger partial charge in [-0.15, -0.1) is 0 Å². The lowest BCUT2D eigenvalue weighted by Crippen LogP contribution is -2.54. The molecule has 120 valence electrons. The fourth-order valence-electron chi connectivity index (χ4n) is 2.52. The number of nitrogens with one attached hydrogen (secondary N) is 2. The van der Waals surface area contributed by atoms with Gasteiger partial charge < -0.3 is 20.4 Å². The summed E-state index contributed by atoms with van der Waals surface area (Å²) in [6.45, 7) is 1.11. The number of benzene rings is 1. The Morgan fingerprint density at radius 3 is 2.83 bits per heavy atom. The van der Waals surface area contributed by atoms with Gasteiger partial charge in [-0.3, -0.25) is 10.2 Å². The summed E-state index contributed by atoms with van der Waals surface area (Å²) in [5.41, 5.74) is 6.07. The molecule has 23 heavy (non-hydrogen) atoms. The van der Waals surface area contributed by atoms with E-state index in [-0.39, 0.29) is 29.7 Å². The third-order valence-corrected chi connectivity index (χ3v) is 3.69. The average Bonchev–Trinajstić information content (AvgIpc) is 2.47. The van der Waals surface area contributed by atoms with Crippen LogP contribution in [0, 0.1) is 11.2 Å². The van der Waals surface area contributed by atoms with E-state index in [9.17, 15) is 9.18 Å². The topological polar surface area (TPSA) is 95.2 Å². The van der Waals surface area contributed by atoms with Crippen molar-refractivity contribution in [1.29, 1.82) is 5.41 Å². The maximum absolute atomic E-state index is 14.4. The van der Waals surface area contributed by atoms with Gasteiger partial charge in [-0.05, 0) is 17.7 Å². The molecule has 1 saturated heterocycles. The summed E-state index contributed by atoms with van der Waals surface area (Å²) in [6.07, 6.45) is 1.56. The molecule has 1 aliphatic rings. The third kappa shape index (κ3) is 3.33. The number of aromatic nitrogens is 1. The summed E-state index contributed by atoms with van der Waals surface area (Å²) in [5.74, 6) is 0.175. The number of pyridine rings is 1. The Hall–Kier alpha value is -2.83. The first-order chi connectivity index (χ1) is 11.0. The van der Waals surface area contributed by atoms with E-state index in [1.165, 1.54) is 12.3 Å². The van der Waals surface area contributed by atoms with Gasteiger partial charge in [0.25, 0.3) is 0 Å². The molecule has 0 bridgehead atoms. The number of aromatic amines is 1. The number of anilines is 1. The first-order valence-corrected chi connectivity index (χ1v) is 7.23. The van der Waals surface area contributed by atoms with Crippen LogP contribution in [0.2, 0.25) is 0 Å². The summed E-state index contributed by atoms with van der Waals surface area (Å²) >= 11 is 0. The monoisotopic (exact) mass is 316 g/mol. The van der Waals surface area contributed by atoms with Crippen LogP contribution < -0.4 is 20.9 Å². The Labute approximate surface area is 132 Å². The summed E-state index contributed by atoms with van der Waals surface area (Å²) in [7, 11) is 0. The minimum Gasteiger partial charge on any atom is -0.485 e. The lowest BCUT2D eigenvalue weighted by molar-refractivity contribution is 0.166. The van der Waals surface area contributed by atoms with Crippen LogP contribution in [-0.4, -0.2) is 30.0 Å². The molecule has 1 fully saturated rings. The van der Waals surface area contributed by atoms with Crippen molar-refractivity contribution in [2.45, 2.75) is 12.5 Å². The zero-order valence-electron chi connectivity index (χ0n) is 12.4. The molecule has 4 N–H and O–H groups in total. The van der Waals surface area contributed by atoms with Crippen molar-refractivity contribution in [3.63, 3.8) is 0 Å². The molecule has 0 spiro atoms. The first-order valence-electron chi connectivity index (χ1n) is 7.23. The number of rotatable bonds is 5. The van der Waals surface area contributed by atoms with Crippen molar-refractivity contribution in [1.82, 2.24) is 4.98 Å². The Kier molecular flexibility index (Phi) is 4.01. The quantitative estimate of drug-likeness (QED) is 0.571. The van der Waals surface area contributed by atoms with Crippen molar-refractivity contribution >= 4 is 11.5 Å². The molecule has 3 rings (SSSR count). The number of H-pyrrole nitrogens is 1. The van der Waals surface area contributed by atoms with Gasteiger partial charge in [0.2, 0.25) is 5.56 Å². The Morgan fingerprint density at radius 2 is 2.17 bits per heavy atom. The SMILES string of the molecule is N=C(N)Cc1cccc(N2CC(Oc3ccc(=O)[nH]c3)C2)c1F. The van der Waals surface area contributed by atoms with Gasteiger partial charge in [0.15, 0.2) is 0 Å². The predicted molar refractivity (Wildman–Crippen MR) is 85.7 cm³/mol. The Morgan fingerprint density at radius 1 is 1.39 bits per heavy atom. The summed E-state index contributed by atoms with van der Waals surface area (Å²) in [5, 5.41) is 7.29. The second-order valence-electron chi connectivity index (χ2n) is 5.49. The van der Waals surface area contributed by atoms with Gasteiger partial charge in [-0.1, -0.05) is 12.1 Å². The van der Waals surface area contributed by atoms with E-state index in [0.717, 1.165) is 0 Å². The van der Waals surface area contributed by atoms with Crippen molar-refractivity contribution < 1.29 is 9.13 Å². The smallest absolute Gasteiger partial charge is 0.248 e. The van der Waals surface area contributed by atoms with E-state index in [1.54, 1.807) is 24.3 Å². The van der Waals surface area contributed by atoms with Crippen LogP contribution >= 0.6 is 0 Å². The number of halogens is 1. The number of hydrogen-bond donors (Lipinski definition) is 3. The molecule has 0 atom stereocenters. The third-order valence-electron chi connectivity index (χ3n) is 3.69. The molecule has 2 aromatic rings. The summed E-state index contributed by atoms with van der Waals surface area (Å²) in [6, 6.07) is 8.10. The Balaban J connectivity index is 1.64. The highest BCUT2D eigenvalue weighted by Gasteiger charge is 2.30. The van der Waals surface area contributed by atoms with Gasteiger partial charge in [0, 0.05) is 18.7 Å². The van der Waals surface area contributed by atoms with Crippen LogP contribution in [0.4, 0.5) is 10.1 Å². The molecule has 0 saturated carbocycles. The van der Waals surface area contributed by atoms with Crippen molar-refractivity contribution in [3.8, 4) is 5.75 Å². The van der Waals surface area contributed by atoms with Crippen molar-refractivity contribution in [3.05, 3.63) is 58.3 Å². The lowest BCUT2D eigenvalue weighted by Gasteiger charge is -2.40. The zero-order valence-corrected chi connectivity index (χ0v) is 12.4. The molecule has 1 aromatic carbocycles. The fourth-order valence-corrected chi connectivity index (χ4v) is 2.52. The largest absolute Gasteiger partial charge is 0.485 e. The molecule has 0 radical (unpaired) electrons. The number of ether oxygens (including phenoxy) is 1. The highest BCUT2D eigenvalue weighted by molar-refractivity contribution is 5.80. The van der Waals surface area contributed by atoms with E-state index in [4.69, 9.17) is 15.9 Å². The minimum absolute atomic E-state index is 0.0586. The number of nitrogens with two attached hydrogens (primary N) is 1. The summed E-state index contributed by atoms with van der Waals surface area (Å²) < 4.78 is 20.1. The molecular formula is C16H17FN4O2. The van der Waals surface area contributed by atoms with Crippen LogP contribution in [0.15, 0.2) is 41.3 Å². The second-order valence-corrected chi connectivity index (χ2v) is 5.49. The van der Waals surface area contributed by atoms with Crippen LogP contribution in [-0.2, 0) is 6.42 Å². The van der Waals surface area contributed by atoms with Crippen LogP contribution in [0.5, 0.6) is 5.75 Å². The number of nitrogens with zero attached hydrogens (tertiary/aromatic N) is 1. The van der Waals surface area contributed by atoms with E-state index < -0.39 is 0 Å². The molecule has 0 amide bonds. The molecule has 2 heterocycles. The van der Waals surface area contributed by atoms with E-state index >= 15 is 0 Å². The molecule has 7 heteroatoms. The highest BCUT2D eigenvalue weighted by Crippen LogP contribution is 2.28. The van der Waals surface area contributed by atoms with Crippen LogP contribution in [0.25, 0.3) is 0 Å². The summed E-state index contributed by atoms with van der Waals surface area (Å²) in [4.78, 5) is 15.4. The van der Waals surface area contributed by atoms with Gasteiger partial charge in [0.05, 0.1) is 24.6 Å². The lowest BCUT2D eigenvalue weighted by atomic mass is 10.1. The molecule has 0 aliphatic carbocycles. The maximum atomic E-state index is 14.4. The van der Waals surface area contributed by atoms with Gasteiger partial charge in [-0.2, -0.15) is 0 Å². The number of amidine groups is 1. The van der Waals surface area contributed by atoms with E-state index in [1.807, 2.05) is 4.90 Å². The maximum Gasteiger partial charge on any atom is 0.248 e. The minimum atomic E-state index is -0.342. The highest BCUT2D eigenvalue weighted by atomic mass is 19.1. The predicted octanol–water partition coefficient (Wildman–Crippen LogP) is 1.26. The standard InChI is InChI=1S/C16H17FN4O2/c17-16-10(6-14(18)19)2-1-3-13(16)21-8-12(9-21)23-11-4-5-15(22)20-7-11/h1-5,7,12H,6,8-9H2,(H3,18,19)(H,20,22). The van der Waals surface area contributed by atoms with Gasteiger partial charge in [0.1, 0.15) is 17.7 Å². The average molecular weight is 316 g/mol. The van der Waals surface area contributed by atoms with E-state index in [2.05, 4.69) is 4.98 Å². The molecule has 0 unspecified atom stereocenters. The van der Waals surface area contributed by atoms with Crippen LogP contribution in [0.3, 0.4) is 0 Å². The van der Waals surface area contributed by atoms with E-state index in [0.29, 0.717) is 30.1 Å². The molecular weight excluding hydrogens is 299 g/mol. The van der Waals surface area contributed by atoms with Crippen LogP contribution in [0.1, 0.15) is 5.56 Å². The normalized spacial score (nSPS) is 14.4. The second kappa shape index (κ2) is 6.12. The molecule has 1 aromatic heterocycles. The number of hydrogen-bond acceptors (Lipinski definition) is 4. The van der Waals surface area contributed by atoms with Crippen molar-refractivity contribution in [2.24, 2.45) is 5.73 Å². The zero-order chi connectivity index (χ0) is 16.4. The van der Waals surface area contributed by atoms with Crippen molar-refractivity contribution in [2.75, 3.05) is 18.0 Å². The Bertz CT molecular complexity index is 763. The first kappa shape index (κ1) is 15.1. The molecule has 1 aliphatic heterocycles. The van der Waals surface area contributed by atoms with Gasteiger partial charge >= 0.3 is 0 Å².